The van der Waals surface area contributed by atoms with E-state index in [1.54, 1.807) is 0 Å². The molecule has 1 saturated heterocycles. The van der Waals surface area contributed by atoms with E-state index in [2.05, 4.69) is 38.7 Å². The Hall–Kier alpha value is -1.63. The molecular formula is C12H22N6O. The normalized spacial score (nSPS) is 20.6. The highest BCUT2D eigenvalue weighted by Crippen LogP contribution is 2.17. The molecule has 106 valence electrons. The summed E-state index contributed by atoms with van der Waals surface area (Å²) in [5.74, 6) is 0.821. The monoisotopic (exact) mass is 266 g/mol. The van der Waals surface area contributed by atoms with Crippen LogP contribution in [0.25, 0.3) is 0 Å². The summed E-state index contributed by atoms with van der Waals surface area (Å²) < 4.78 is 5.44. The zero-order valence-electron chi connectivity index (χ0n) is 11.8. The van der Waals surface area contributed by atoms with Crippen molar-refractivity contribution in [3.8, 4) is 6.01 Å². The van der Waals surface area contributed by atoms with Gasteiger partial charge in [0.15, 0.2) is 0 Å². The van der Waals surface area contributed by atoms with Crippen LogP contribution in [0.4, 0.5) is 11.9 Å². The number of anilines is 2. The van der Waals surface area contributed by atoms with Gasteiger partial charge in [-0.25, -0.2) is 0 Å². The van der Waals surface area contributed by atoms with Crippen LogP contribution in [0.15, 0.2) is 0 Å². The molecule has 0 bridgehead atoms. The Morgan fingerprint density at radius 2 is 2.11 bits per heavy atom. The number of nitrogens with zero attached hydrogens (tertiary/aromatic N) is 5. The lowest BCUT2D eigenvalue weighted by Gasteiger charge is -2.37. The highest BCUT2D eigenvalue weighted by Gasteiger charge is 2.23. The summed E-state index contributed by atoms with van der Waals surface area (Å²) in [4.78, 5) is 17.0. The molecule has 19 heavy (non-hydrogen) atoms. The molecule has 0 aliphatic carbocycles. The van der Waals surface area contributed by atoms with Gasteiger partial charge in [-0.1, -0.05) is 6.92 Å². The van der Waals surface area contributed by atoms with Crippen LogP contribution >= 0.6 is 0 Å². The molecule has 2 heterocycles. The first-order valence-corrected chi connectivity index (χ1v) is 6.69. The minimum absolute atomic E-state index is 0.211. The van der Waals surface area contributed by atoms with Gasteiger partial charge in [0, 0.05) is 25.7 Å². The molecule has 7 heteroatoms. The Bertz CT molecular complexity index is 427. The van der Waals surface area contributed by atoms with Crippen LogP contribution in [-0.4, -0.2) is 59.2 Å². The number of rotatable bonds is 4. The molecule has 1 aliphatic heterocycles. The van der Waals surface area contributed by atoms with Crippen molar-refractivity contribution in [3.05, 3.63) is 0 Å². The maximum atomic E-state index is 5.72. The standard InChI is InChI=1S/C12H22N6O/c1-4-7-19-12-15-10(13)14-11(16-12)18-6-5-17(3)9(2)8-18/h9H,4-8H2,1-3H3,(H2,13,14,15,16). The highest BCUT2D eigenvalue weighted by molar-refractivity contribution is 5.36. The van der Waals surface area contributed by atoms with Gasteiger partial charge in [0.05, 0.1) is 6.61 Å². The van der Waals surface area contributed by atoms with Crippen molar-refractivity contribution in [1.29, 1.82) is 0 Å². The summed E-state index contributed by atoms with van der Waals surface area (Å²) in [6.45, 7) is 7.56. The summed E-state index contributed by atoms with van der Waals surface area (Å²) >= 11 is 0. The van der Waals surface area contributed by atoms with Crippen LogP contribution in [0.1, 0.15) is 20.3 Å². The van der Waals surface area contributed by atoms with E-state index in [-0.39, 0.29) is 5.95 Å². The number of hydrogen-bond acceptors (Lipinski definition) is 7. The zero-order chi connectivity index (χ0) is 13.8. The van der Waals surface area contributed by atoms with Crippen molar-refractivity contribution in [3.63, 3.8) is 0 Å². The lowest BCUT2D eigenvalue weighted by molar-refractivity contribution is 0.232. The number of ether oxygens (including phenoxy) is 1. The molecule has 7 nitrogen and oxygen atoms in total. The van der Waals surface area contributed by atoms with Gasteiger partial charge < -0.3 is 20.3 Å². The second-order valence-electron chi connectivity index (χ2n) is 4.90. The van der Waals surface area contributed by atoms with Crippen molar-refractivity contribution in [2.24, 2.45) is 0 Å². The van der Waals surface area contributed by atoms with Crippen LogP contribution in [-0.2, 0) is 0 Å². The average molecular weight is 266 g/mol. The van der Waals surface area contributed by atoms with Crippen molar-refractivity contribution >= 4 is 11.9 Å². The quantitative estimate of drug-likeness (QED) is 0.844. The largest absolute Gasteiger partial charge is 0.463 e. The van der Waals surface area contributed by atoms with Gasteiger partial charge in [0.1, 0.15) is 0 Å². The lowest BCUT2D eigenvalue weighted by atomic mass is 10.2. The Labute approximate surface area is 113 Å². The summed E-state index contributed by atoms with van der Waals surface area (Å²) in [5, 5.41) is 0. The number of hydrogen-bond donors (Lipinski definition) is 1. The van der Waals surface area contributed by atoms with Crippen molar-refractivity contribution in [1.82, 2.24) is 19.9 Å². The molecule has 2 N–H and O–H groups in total. The first-order valence-electron chi connectivity index (χ1n) is 6.69. The van der Waals surface area contributed by atoms with Gasteiger partial charge >= 0.3 is 6.01 Å². The third-order valence-electron chi connectivity index (χ3n) is 3.30. The van der Waals surface area contributed by atoms with E-state index in [0.717, 1.165) is 26.1 Å². The summed E-state index contributed by atoms with van der Waals surface area (Å²) in [5.41, 5.74) is 5.72. The van der Waals surface area contributed by atoms with E-state index < -0.39 is 0 Å². The Morgan fingerprint density at radius 1 is 1.32 bits per heavy atom. The van der Waals surface area contributed by atoms with Gasteiger partial charge in [-0.2, -0.15) is 15.0 Å². The van der Waals surface area contributed by atoms with Crippen LogP contribution in [0, 0.1) is 0 Å². The second-order valence-corrected chi connectivity index (χ2v) is 4.90. The van der Waals surface area contributed by atoms with Crippen molar-refractivity contribution in [2.75, 3.05) is 43.9 Å². The van der Waals surface area contributed by atoms with E-state index in [4.69, 9.17) is 10.5 Å². The third-order valence-corrected chi connectivity index (χ3v) is 3.30. The fraction of sp³-hybridized carbons (Fsp3) is 0.750. The van der Waals surface area contributed by atoms with E-state index in [1.807, 2.05) is 6.92 Å². The Balaban J connectivity index is 2.13. The summed E-state index contributed by atoms with van der Waals surface area (Å²) in [7, 11) is 2.12. The molecule has 1 aromatic rings. The molecule has 0 radical (unpaired) electrons. The average Bonchev–Trinajstić information content (AvgIpc) is 2.39. The van der Waals surface area contributed by atoms with E-state index in [0.29, 0.717) is 24.6 Å². The van der Waals surface area contributed by atoms with E-state index in [9.17, 15) is 0 Å². The van der Waals surface area contributed by atoms with Gasteiger partial charge in [-0.15, -0.1) is 0 Å². The number of piperazine rings is 1. The molecule has 1 aliphatic rings. The molecule has 0 spiro atoms. The predicted molar refractivity (Wildman–Crippen MR) is 74.3 cm³/mol. The smallest absolute Gasteiger partial charge is 0.323 e. The van der Waals surface area contributed by atoms with Crippen molar-refractivity contribution in [2.45, 2.75) is 26.3 Å². The van der Waals surface area contributed by atoms with Gasteiger partial charge in [-0.05, 0) is 20.4 Å². The lowest BCUT2D eigenvalue weighted by Crippen LogP contribution is -2.50. The van der Waals surface area contributed by atoms with Crippen LogP contribution < -0.4 is 15.4 Å². The van der Waals surface area contributed by atoms with Gasteiger partial charge in [0.25, 0.3) is 0 Å². The number of aromatic nitrogens is 3. The topological polar surface area (TPSA) is 80.4 Å². The number of likely N-dealkylation sites (N-methyl/N-ethyl adjacent to an activating group) is 1. The second kappa shape index (κ2) is 6.01. The molecule has 0 aromatic carbocycles. The van der Waals surface area contributed by atoms with Gasteiger partial charge in [0.2, 0.25) is 11.9 Å². The number of nitrogens with two attached hydrogens (primary N) is 1. The molecular weight excluding hydrogens is 244 g/mol. The van der Waals surface area contributed by atoms with Crippen LogP contribution in [0.5, 0.6) is 6.01 Å². The summed E-state index contributed by atoms with van der Waals surface area (Å²) in [6.07, 6.45) is 0.909. The molecule has 1 fully saturated rings. The molecule has 0 saturated carbocycles. The van der Waals surface area contributed by atoms with Crippen LogP contribution in [0.2, 0.25) is 0 Å². The minimum atomic E-state index is 0.211. The van der Waals surface area contributed by atoms with Gasteiger partial charge in [-0.3, -0.25) is 0 Å². The predicted octanol–water partition coefficient (Wildman–Crippen LogP) is 0.383. The van der Waals surface area contributed by atoms with E-state index >= 15 is 0 Å². The van der Waals surface area contributed by atoms with Crippen LogP contribution in [0.3, 0.4) is 0 Å². The van der Waals surface area contributed by atoms with Crippen molar-refractivity contribution < 1.29 is 4.74 Å². The maximum Gasteiger partial charge on any atom is 0.323 e. The third kappa shape index (κ3) is 3.44. The fourth-order valence-corrected chi connectivity index (χ4v) is 1.99. The molecule has 1 unspecified atom stereocenters. The fourth-order valence-electron chi connectivity index (χ4n) is 1.99. The minimum Gasteiger partial charge on any atom is -0.463 e. The first-order chi connectivity index (χ1) is 9.10. The highest BCUT2D eigenvalue weighted by atomic mass is 16.5. The zero-order valence-corrected chi connectivity index (χ0v) is 11.8. The molecule has 1 atom stereocenters. The molecule has 0 amide bonds. The SMILES string of the molecule is CCCOc1nc(N)nc(N2CCN(C)C(C)C2)n1. The Kier molecular flexibility index (Phi) is 4.36. The van der Waals surface area contributed by atoms with E-state index in [1.165, 1.54) is 0 Å². The maximum absolute atomic E-state index is 5.72. The first kappa shape index (κ1) is 13.8. The Morgan fingerprint density at radius 3 is 2.79 bits per heavy atom. The number of nitrogen functional groups attached to an aromatic ring is 1. The molecule has 2 rings (SSSR count). The molecule has 1 aromatic heterocycles. The summed E-state index contributed by atoms with van der Waals surface area (Å²) in [6, 6.07) is 0.780.